The van der Waals surface area contributed by atoms with Crippen LogP contribution in [-0.4, -0.2) is 11.6 Å². The van der Waals surface area contributed by atoms with Gasteiger partial charge in [0.25, 0.3) is 0 Å². The summed E-state index contributed by atoms with van der Waals surface area (Å²) < 4.78 is 39.1. The normalized spacial score (nSPS) is 10.7. The largest absolute Gasteiger partial charge is 0.485 e. The van der Waals surface area contributed by atoms with Crippen LogP contribution in [0.3, 0.4) is 0 Å². The van der Waals surface area contributed by atoms with Crippen molar-refractivity contribution in [3.8, 4) is 34.5 Å². The minimum absolute atomic E-state index is 0.177. The lowest BCUT2D eigenvalue weighted by atomic mass is 9.92. The van der Waals surface area contributed by atoms with E-state index in [0.717, 1.165) is 33.4 Å². The minimum atomic E-state index is -0.420. The third-order valence-corrected chi connectivity index (χ3v) is 11.4. The molecule has 0 heterocycles. The molecule has 0 aromatic heterocycles. The molecule has 0 unspecified atom stereocenters. The fraction of sp³-hybridized carbons (Fsp3) is 0.0968. The Kier molecular flexibility index (Phi) is 15.3. The summed E-state index contributed by atoms with van der Waals surface area (Å²) in [5, 5.41) is 0. The van der Waals surface area contributed by atoms with Crippen LogP contribution in [0.15, 0.2) is 231 Å². The summed E-state index contributed by atoms with van der Waals surface area (Å²) in [4.78, 5) is 30.2. The highest BCUT2D eigenvalue weighted by Gasteiger charge is 2.26. The van der Waals surface area contributed by atoms with Crippen LogP contribution in [0.4, 0.5) is 0 Å². The van der Waals surface area contributed by atoms with E-state index in [-0.39, 0.29) is 61.9 Å². The van der Waals surface area contributed by atoms with Gasteiger partial charge in [-0.25, -0.2) is 0 Å². The maximum atomic E-state index is 15.1. The molecule has 9 aromatic carbocycles. The standard InChI is InChI=1S/C62H50O8/c63-59(51-35-55(65-39-45-21-7-1-8-22-45)61(69-43-49-29-15-5-16-30-49)56(36-51)66-40-46-23-9-2-10-24-46)53-33-19-20-34-54(53)60(64)52-37-57(67-41-47-25-11-3-12-26-47)62(70-44-50-31-17-6-18-32-50)58(38-52)68-42-48-27-13-4-14-28-48/h1-38H,39-44H2. The summed E-state index contributed by atoms with van der Waals surface area (Å²) in [6, 6.07) is 72.0. The van der Waals surface area contributed by atoms with E-state index in [9.17, 15) is 0 Å². The number of ketones is 2. The third kappa shape index (κ3) is 12.2. The molecular formula is C62H50O8. The number of hydrogen-bond donors (Lipinski definition) is 0. The summed E-state index contributed by atoms with van der Waals surface area (Å²) in [5.41, 5.74) is 6.40. The molecule has 0 saturated carbocycles. The molecule has 0 aliphatic carbocycles. The van der Waals surface area contributed by atoms with E-state index < -0.39 is 11.6 Å². The first-order chi connectivity index (χ1) is 34.5. The van der Waals surface area contributed by atoms with Crippen molar-refractivity contribution in [3.63, 3.8) is 0 Å². The predicted octanol–water partition coefficient (Wildman–Crippen LogP) is 13.6. The van der Waals surface area contributed by atoms with E-state index in [1.807, 2.05) is 182 Å². The first-order valence-corrected chi connectivity index (χ1v) is 23.1. The van der Waals surface area contributed by atoms with Crippen molar-refractivity contribution in [2.24, 2.45) is 0 Å². The SMILES string of the molecule is O=C(c1cc(OCc2ccccc2)c(OCc2ccccc2)c(OCc2ccccc2)c1)c1ccccc1C(=O)c1cc(OCc2ccccc2)c(OCc2ccccc2)c(OCc2ccccc2)c1. The molecule has 0 atom stereocenters. The zero-order valence-corrected chi connectivity index (χ0v) is 38.4. The van der Waals surface area contributed by atoms with Crippen molar-refractivity contribution in [1.29, 1.82) is 0 Å². The topological polar surface area (TPSA) is 89.5 Å². The van der Waals surface area contributed by atoms with Gasteiger partial charge >= 0.3 is 0 Å². The maximum Gasteiger partial charge on any atom is 0.203 e. The summed E-state index contributed by atoms with van der Waals surface area (Å²) in [6.45, 7) is 1.23. The van der Waals surface area contributed by atoms with Crippen LogP contribution in [0.25, 0.3) is 0 Å². The minimum Gasteiger partial charge on any atom is -0.485 e. The Morgan fingerprint density at radius 3 is 0.686 bits per heavy atom. The van der Waals surface area contributed by atoms with Crippen LogP contribution in [0.1, 0.15) is 65.2 Å². The fourth-order valence-corrected chi connectivity index (χ4v) is 7.72. The lowest BCUT2D eigenvalue weighted by Gasteiger charge is -2.20. The van der Waals surface area contributed by atoms with Gasteiger partial charge < -0.3 is 28.4 Å². The molecule has 346 valence electrons. The number of carbonyl (C=O) groups is 2. The van der Waals surface area contributed by atoms with Crippen LogP contribution < -0.4 is 28.4 Å². The van der Waals surface area contributed by atoms with Gasteiger partial charge in [0.15, 0.2) is 34.6 Å². The zero-order chi connectivity index (χ0) is 47.7. The van der Waals surface area contributed by atoms with E-state index in [1.165, 1.54) is 0 Å². The molecule has 8 nitrogen and oxygen atoms in total. The summed E-state index contributed by atoms with van der Waals surface area (Å²) in [7, 11) is 0. The molecule has 0 fully saturated rings. The Hall–Kier alpha value is -8.88. The highest BCUT2D eigenvalue weighted by molar-refractivity contribution is 6.20. The molecule has 0 aliphatic rings. The second-order valence-corrected chi connectivity index (χ2v) is 16.5. The lowest BCUT2D eigenvalue weighted by molar-refractivity contribution is 0.100. The monoisotopic (exact) mass is 922 g/mol. The average molecular weight is 923 g/mol. The number of benzene rings is 9. The highest BCUT2D eigenvalue weighted by Crippen LogP contribution is 2.43. The summed E-state index contributed by atoms with van der Waals surface area (Å²) >= 11 is 0. The Labute approximate surface area is 408 Å². The van der Waals surface area contributed by atoms with Crippen LogP contribution in [0, 0.1) is 0 Å². The maximum absolute atomic E-state index is 15.1. The van der Waals surface area contributed by atoms with E-state index in [0.29, 0.717) is 34.5 Å². The first kappa shape index (κ1) is 46.2. The van der Waals surface area contributed by atoms with Crippen molar-refractivity contribution in [2.45, 2.75) is 39.6 Å². The summed E-state index contributed by atoms with van der Waals surface area (Å²) in [6.07, 6.45) is 0. The van der Waals surface area contributed by atoms with Crippen molar-refractivity contribution in [3.05, 3.63) is 286 Å². The zero-order valence-electron chi connectivity index (χ0n) is 38.4. The predicted molar refractivity (Wildman–Crippen MR) is 271 cm³/mol. The molecule has 0 spiro atoms. The van der Waals surface area contributed by atoms with Gasteiger partial charge in [0.05, 0.1) is 0 Å². The van der Waals surface area contributed by atoms with Gasteiger partial charge in [0.2, 0.25) is 11.5 Å². The van der Waals surface area contributed by atoms with Gasteiger partial charge in [-0.05, 0) is 57.6 Å². The number of carbonyl (C=O) groups excluding carboxylic acids is 2. The first-order valence-electron chi connectivity index (χ1n) is 23.1. The van der Waals surface area contributed by atoms with Gasteiger partial charge in [-0.15, -0.1) is 0 Å². The van der Waals surface area contributed by atoms with E-state index in [1.54, 1.807) is 48.5 Å². The van der Waals surface area contributed by atoms with Crippen molar-refractivity contribution in [2.75, 3.05) is 0 Å². The lowest BCUT2D eigenvalue weighted by Crippen LogP contribution is -2.13. The van der Waals surface area contributed by atoms with Gasteiger partial charge in [0.1, 0.15) is 39.6 Å². The van der Waals surface area contributed by atoms with Gasteiger partial charge in [-0.2, -0.15) is 0 Å². The average Bonchev–Trinajstić information content (AvgIpc) is 3.43. The molecular weight excluding hydrogens is 873 g/mol. The van der Waals surface area contributed by atoms with Crippen molar-refractivity contribution >= 4 is 11.6 Å². The Morgan fingerprint density at radius 1 is 0.257 bits per heavy atom. The molecule has 9 rings (SSSR count). The molecule has 0 bridgehead atoms. The van der Waals surface area contributed by atoms with Gasteiger partial charge in [-0.3, -0.25) is 9.59 Å². The van der Waals surface area contributed by atoms with Gasteiger partial charge in [0, 0.05) is 22.3 Å². The number of ether oxygens (including phenoxy) is 6. The number of rotatable bonds is 22. The molecule has 8 heteroatoms. The highest BCUT2D eigenvalue weighted by atomic mass is 16.5. The molecule has 0 N–H and O–H groups in total. The quantitative estimate of drug-likeness (QED) is 0.0621. The van der Waals surface area contributed by atoms with Crippen molar-refractivity contribution < 1.29 is 38.0 Å². The van der Waals surface area contributed by atoms with Gasteiger partial charge in [-0.1, -0.05) is 206 Å². The molecule has 0 amide bonds. The van der Waals surface area contributed by atoms with E-state index in [2.05, 4.69) is 0 Å². The number of hydrogen-bond acceptors (Lipinski definition) is 8. The Morgan fingerprint density at radius 2 is 0.457 bits per heavy atom. The van der Waals surface area contributed by atoms with E-state index >= 15 is 9.59 Å². The van der Waals surface area contributed by atoms with Crippen LogP contribution in [0.5, 0.6) is 34.5 Å². The van der Waals surface area contributed by atoms with Crippen LogP contribution >= 0.6 is 0 Å². The molecule has 70 heavy (non-hydrogen) atoms. The van der Waals surface area contributed by atoms with Crippen LogP contribution in [-0.2, 0) is 39.6 Å². The molecule has 0 radical (unpaired) electrons. The smallest absolute Gasteiger partial charge is 0.203 e. The Bertz CT molecular complexity index is 2770. The summed E-state index contributed by atoms with van der Waals surface area (Å²) in [5.74, 6) is 1.09. The van der Waals surface area contributed by atoms with Crippen molar-refractivity contribution in [1.82, 2.24) is 0 Å². The van der Waals surface area contributed by atoms with E-state index in [4.69, 9.17) is 28.4 Å². The molecule has 9 aromatic rings. The Balaban J connectivity index is 1.10. The van der Waals surface area contributed by atoms with Crippen LogP contribution in [0.2, 0.25) is 0 Å². The second-order valence-electron chi connectivity index (χ2n) is 16.5. The fourth-order valence-electron chi connectivity index (χ4n) is 7.72. The molecule has 0 aliphatic heterocycles. The third-order valence-electron chi connectivity index (χ3n) is 11.4. The second kappa shape index (κ2) is 23.2. The molecule has 0 saturated heterocycles.